The molecule has 0 bridgehead atoms. The second-order valence-electron chi connectivity index (χ2n) is 10.2. The summed E-state index contributed by atoms with van der Waals surface area (Å²) in [7, 11) is 1.41. The molecule has 0 spiro atoms. The highest BCUT2D eigenvalue weighted by molar-refractivity contribution is 6.24. The quantitative estimate of drug-likeness (QED) is 0.0597. The number of rotatable bonds is 15. The standard InChI is InChI=1S/C33H39N3O8/c1-21(37)34-14-3-4-15-36-33(43)27(17-23-7-11-28(39)31(18-23)44-2)26-20-30(41)29(40)19-24(26)8-12-32(42)35-16-13-22-5-9-25(38)10-6-22/h5-7,9-11,17-20,38-41H,3-4,8,12-16H2,1-2H3,(H,34,37)(H,35,42)(H,36,43)/b27-17+. The van der Waals surface area contributed by atoms with Crippen LogP contribution in [0.1, 0.15) is 48.4 Å². The molecule has 0 aromatic heterocycles. The molecule has 0 radical (unpaired) electrons. The average Bonchev–Trinajstić information content (AvgIpc) is 2.99. The van der Waals surface area contributed by atoms with Gasteiger partial charge < -0.3 is 41.1 Å². The van der Waals surface area contributed by atoms with Crippen LogP contribution in [0.25, 0.3) is 11.6 Å². The smallest absolute Gasteiger partial charge is 0.251 e. The van der Waals surface area contributed by atoms with Crippen molar-refractivity contribution in [2.75, 3.05) is 26.7 Å². The van der Waals surface area contributed by atoms with Gasteiger partial charge >= 0.3 is 0 Å². The van der Waals surface area contributed by atoms with Crippen LogP contribution in [0.4, 0.5) is 0 Å². The van der Waals surface area contributed by atoms with Crippen molar-refractivity contribution in [3.05, 3.63) is 76.9 Å². The van der Waals surface area contributed by atoms with Gasteiger partial charge in [0, 0.05) is 38.6 Å². The average molecular weight is 606 g/mol. The maximum Gasteiger partial charge on any atom is 0.251 e. The number of aryl methyl sites for hydroxylation is 1. The molecular formula is C33H39N3O8. The third-order valence-corrected chi connectivity index (χ3v) is 6.81. The monoisotopic (exact) mass is 605 g/mol. The molecule has 0 aliphatic rings. The zero-order valence-electron chi connectivity index (χ0n) is 24.9. The van der Waals surface area contributed by atoms with Gasteiger partial charge in [-0.15, -0.1) is 0 Å². The van der Waals surface area contributed by atoms with E-state index in [1.165, 1.54) is 32.2 Å². The zero-order valence-corrected chi connectivity index (χ0v) is 24.9. The Hall–Kier alpha value is -5.19. The van der Waals surface area contributed by atoms with E-state index >= 15 is 0 Å². The first kappa shape index (κ1) is 33.3. The van der Waals surface area contributed by atoms with Crippen molar-refractivity contribution >= 4 is 29.4 Å². The van der Waals surface area contributed by atoms with E-state index in [0.29, 0.717) is 55.6 Å². The summed E-state index contributed by atoms with van der Waals surface area (Å²) < 4.78 is 5.20. The summed E-state index contributed by atoms with van der Waals surface area (Å²) >= 11 is 0. The predicted molar refractivity (Wildman–Crippen MR) is 166 cm³/mol. The first-order chi connectivity index (χ1) is 21.1. The second-order valence-corrected chi connectivity index (χ2v) is 10.2. The summed E-state index contributed by atoms with van der Waals surface area (Å²) in [4.78, 5) is 37.3. The number of phenolic OH excluding ortho intramolecular Hbond substituents is 4. The number of methoxy groups -OCH3 is 1. The van der Waals surface area contributed by atoms with Gasteiger partial charge in [-0.25, -0.2) is 0 Å². The van der Waals surface area contributed by atoms with E-state index in [1.54, 1.807) is 42.5 Å². The van der Waals surface area contributed by atoms with E-state index in [2.05, 4.69) is 16.0 Å². The van der Waals surface area contributed by atoms with Gasteiger partial charge in [-0.2, -0.15) is 0 Å². The van der Waals surface area contributed by atoms with Gasteiger partial charge in [0.2, 0.25) is 11.8 Å². The van der Waals surface area contributed by atoms with E-state index in [-0.39, 0.29) is 53.2 Å². The van der Waals surface area contributed by atoms with Crippen molar-refractivity contribution < 1.29 is 39.5 Å². The minimum absolute atomic E-state index is 0.0534. The van der Waals surface area contributed by atoms with Crippen LogP contribution in [-0.4, -0.2) is 64.9 Å². The lowest BCUT2D eigenvalue weighted by atomic mass is 9.93. The highest BCUT2D eigenvalue weighted by atomic mass is 16.5. The predicted octanol–water partition coefficient (Wildman–Crippen LogP) is 3.38. The minimum Gasteiger partial charge on any atom is -0.508 e. The molecule has 0 heterocycles. The van der Waals surface area contributed by atoms with Crippen LogP contribution in [0.3, 0.4) is 0 Å². The third-order valence-electron chi connectivity index (χ3n) is 6.81. The zero-order chi connectivity index (χ0) is 32.1. The Morgan fingerprint density at radius 3 is 2.14 bits per heavy atom. The van der Waals surface area contributed by atoms with Crippen molar-refractivity contribution in [2.45, 2.75) is 39.0 Å². The maximum absolute atomic E-state index is 13.5. The van der Waals surface area contributed by atoms with Gasteiger partial charge in [0.15, 0.2) is 23.0 Å². The fraction of sp³-hybridized carbons (Fsp3) is 0.303. The SMILES string of the molecule is COc1cc(/C=C(/C(=O)NCCCCNC(C)=O)c2cc(O)c(O)cc2CCC(=O)NCCc2ccc(O)cc2)ccc1O. The lowest BCUT2D eigenvalue weighted by Gasteiger charge is -2.16. The summed E-state index contributed by atoms with van der Waals surface area (Å²) in [6.07, 6.45) is 3.62. The normalized spacial score (nSPS) is 11.1. The molecule has 0 saturated heterocycles. The molecule has 11 heteroatoms. The Morgan fingerprint density at radius 2 is 1.45 bits per heavy atom. The van der Waals surface area contributed by atoms with Crippen LogP contribution in [-0.2, 0) is 27.2 Å². The second kappa shape index (κ2) is 16.4. The topological polar surface area (TPSA) is 177 Å². The molecule has 3 rings (SSSR count). The summed E-state index contributed by atoms with van der Waals surface area (Å²) in [5, 5.41) is 48.5. The lowest BCUT2D eigenvalue weighted by molar-refractivity contribution is -0.121. The summed E-state index contributed by atoms with van der Waals surface area (Å²) in [6.45, 7) is 2.62. The first-order valence-electron chi connectivity index (χ1n) is 14.3. The molecule has 3 aromatic carbocycles. The Morgan fingerprint density at radius 1 is 0.773 bits per heavy atom. The van der Waals surface area contributed by atoms with E-state index in [9.17, 15) is 34.8 Å². The molecule has 0 aliphatic carbocycles. The molecule has 0 aliphatic heterocycles. The van der Waals surface area contributed by atoms with Crippen LogP contribution >= 0.6 is 0 Å². The maximum atomic E-state index is 13.5. The molecular weight excluding hydrogens is 566 g/mol. The molecule has 11 nitrogen and oxygen atoms in total. The molecule has 3 amide bonds. The summed E-state index contributed by atoms with van der Waals surface area (Å²) in [5.74, 6) is -1.35. The molecule has 234 valence electrons. The number of unbranched alkanes of at least 4 members (excludes halogenated alkanes) is 1. The van der Waals surface area contributed by atoms with E-state index < -0.39 is 11.7 Å². The number of phenols is 4. The largest absolute Gasteiger partial charge is 0.508 e. The highest BCUT2D eigenvalue weighted by Crippen LogP contribution is 2.35. The Kier molecular flexibility index (Phi) is 12.5. The van der Waals surface area contributed by atoms with Crippen LogP contribution in [0.15, 0.2) is 54.6 Å². The first-order valence-corrected chi connectivity index (χ1v) is 14.3. The van der Waals surface area contributed by atoms with Crippen molar-refractivity contribution in [2.24, 2.45) is 0 Å². The number of aromatic hydroxyl groups is 4. The van der Waals surface area contributed by atoms with Crippen LogP contribution in [0.5, 0.6) is 28.7 Å². The summed E-state index contributed by atoms with van der Waals surface area (Å²) in [5.41, 5.74) is 2.43. The highest BCUT2D eigenvalue weighted by Gasteiger charge is 2.20. The molecule has 0 unspecified atom stereocenters. The van der Waals surface area contributed by atoms with Crippen molar-refractivity contribution in [3.63, 3.8) is 0 Å². The Balaban J connectivity index is 1.81. The summed E-state index contributed by atoms with van der Waals surface area (Å²) in [6, 6.07) is 13.9. The Bertz CT molecular complexity index is 1490. The van der Waals surface area contributed by atoms with Crippen LogP contribution < -0.4 is 20.7 Å². The number of amides is 3. The fourth-order valence-electron chi connectivity index (χ4n) is 4.45. The van der Waals surface area contributed by atoms with E-state index in [1.807, 2.05) is 0 Å². The number of ether oxygens (including phenoxy) is 1. The van der Waals surface area contributed by atoms with E-state index in [0.717, 1.165) is 5.56 Å². The minimum atomic E-state index is -0.457. The molecule has 0 atom stereocenters. The van der Waals surface area contributed by atoms with Crippen molar-refractivity contribution in [1.29, 1.82) is 0 Å². The van der Waals surface area contributed by atoms with Gasteiger partial charge in [0.1, 0.15) is 5.75 Å². The fourth-order valence-corrected chi connectivity index (χ4v) is 4.45. The number of hydrogen-bond acceptors (Lipinski definition) is 8. The number of carbonyl (C=O) groups is 3. The van der Waals surface area contributed by atoms with Gasteiger partial charge in [-0.1, -0.05) is 18.2 Å². The van der Waals surface area contributed by atoms with Crippen molar-refractivity contribution in [1.82, 2.24) is 16.0 Å². The van der Waals surface area contributed by atoms with Gasteiger partial charge in [-0.3, -0.25) is 14.4 Å². The molecule has 3 aromatic rings. The number of carbonyl (C=O) groups excluding carboxylic acids is 3. The van der Waals surface area contributed by atoms with Gasteiger partial charge in [0.25, 0.3) is 5.91 Å². The molecule has 7 N–H and O–H groups in total. The van der Waals surface area contributed by atoms with Gasteiger partial charge in [0.05, 0.1) is 7.11 Å². The molecule has 0 saturated carbocycles. The molecule has 44 heavy (non-hydrogen) atoms. The number of hydrogen-bond donors (Lipinski definition) is 7. The van der Waals surface area contributed by atoms with Crippen LogP contribution in [0.2, 0.25) is 0 Å². The number of benzene rings is 3. The van der Waals surface area contributed by atoms with Crippen LogP contribution in [0, 0.1) is 0 Å². The van der Waals surface area contributed by atoms with Crippen molar-refractivity contribution in [3.8, 4) is 28.7 Å². The van der Waals surface area contributed by atoms with E-state index in [4.69, 9.17) is 4.74 Å². The Labute approximate surface area is 256 Å². The lowest BCUT2D eigenvalue weighted by Crippen LogP contribution is -2.27. The molecule has 0 fully saturated rings. The van der Waals surface area contributed by atoms with Gasteiger partial charge in [-0.05, 0) is 90.4 Å². The third kappa shape index (κ3) is 10.3. The number of nitrogens with one attached hydrogen (secondary N) is 3.